The first kappa shape index (κ1) is 13.7. The predicted molar refractivity (Wildman–Crippen MR) is 44.4 cm³/mol. The quantitative estimate of drug-likeness (QED) is 0.436. The van der Waals surface area contributed by atoms with Crippen LogP contribution in [0.1, 0.15) is 27.7 Å². The Morgan fingerprint density at radius 1 is 1.17 bits per heavy atom. The molecule has 0 rings (SSSR count). The van der Waals surface area contributed by atoms with Gasteiger partial charge < -0.3 is 9.84 Å². The minimum absolute atomic E-state index is 0.486. The van der Waals surface area contributed by atoms with Crippen molar-refractivity contribution in [2.24, 2.45) is 5.41 Å². The van der Waals surface area contributed by atoms with Crippen molar-refractivity contribution in [1.82, 2.24) is 0 Å². The average Bonchev–Trinajstić information content (AvgIpc) is 1.88. The van der Waals surface area contributed by atoms with Gasteiger partial charge in [0.25, 0.3) is 0 Å². The molecule has 0 aliphatic rings. The van der Waals surface area contributed by atoms with E-state index in [9.17, 15) is 9.59 Å². The lowest BCUT2D eigenvalue weighted by Gasteiger charge is -2.13. The van der Waals surface area contributed by atoms with Gasteiger partial charge in [-0.2, -0.15) is 0 Å². The van der Waals surface area contributed by atoms with E-state index in [1.165, 1.54) is 6.92 Å². The second-order valence-corrected chi connectivity index (χ2v) is 3.13. The fourth-order valence-corrected chi connectivity index (χ4v) is 0.284. The summed E-state index contributed by atoms with van der Waals surface area (Å²) >= 11 is 0. The van der Waals surface area contributed by atoms with Gasteiger partial charge in [0.15, 0.2) is 0 Å². The fraction of sp³-hybridized carbons (Fsp3) is 0.750. The Kier molecular flexibility index (Phi) is 6.51. The highest BCUT2D eigenvalue weighted by atomic mass is 16.6. The number of hydrogen-bond donors (Lipinski definition) is 1. The van der Waals surface area contributed by atoms with Crippen molar-refractivity contribution >= 4 is 11.9 Å². The molecule has 0 fully saturated rings. The average molecular weight is 176 g/mol. The van der Waals surface area contributed by atoms with Crippen molar-refractivity contribution in [3.63, 3.8) is 0 Å². The lowest BCUT2D eigenvalue weighted by Crippen LogP contribution is -2.24. The molecular weight excluding hydrogens is 160 g/mol. The van der Waals surface area contributed by atoms with Gasteiger partial charge >= 0.3 is 11.9 Å². The van der Waals surface area contributed by atoms with E-state index in [4.69, 9.17) is 5.11 Å². The summed E-state index contributed by atoms with van der Waals surface area (Å²) < 4.78 is 4.34. The van der Waals surface area contributed by atoms with E-state index in [1.54, 1.807) is 20.8 Å². The van der Waals surface area contributed by atoms with Gasteiger partial charge in [-0.05, 0) is 20.8 Å². The van der Waals surface area contributed by atoms with Crippen LogP contribution in [-0.2, 0) is 14.3 Å². The van der Waals surface area contributed by atoms with Gasteiger partial charge in [-0.3, -0.25) is 9.59 Å². The first-order valence-corrected chi connectivity index (χ1v) is 3.51. The third-order valence-corrected chi connectivity index (χ3v) is 0.849. The van der Waals surface area contributed by atoms with Crippen LogP contribution >= 0.6 is 0 Å². The molecule has 0 atom stereocenters. The molecule has 12 heavy (non-hydrogen) atoms. The molecule has 0 amide bonds. The molecule has 0 spiro atoms. The molecule has 0 saturated heterocycles. The minimum Gasteiger partial charge on any atom is -0.400 e. The molecule has 0 aromatic carbocycles. The summed E-state index contributed by atoms with van der Waals surface area (Å²) in [7, 11) is 1.00. The Labute approximate surface area is 72.5 Å². The molecule has 0 bridgehead atoms. The zero-order valence-electron chi connectivity index (χ0n) is 8.17. The van der Waals surface area contributed by atoms with Crippen LogP contribution in [0.5, 0.6) is 0 Å². The third-order valence-electron chi connectivity index (χ3n) is 0.849. The fourth-order valence-electron chi connectivity index (χ4n) is 0.284. The predicted octanol–water partition coefficient (Wildman–Crippen LogP) is 0.731. The first-order valence-electron chi connectivity index (χ1n) is 3.51. The zero-order valence-corrected chi connectivity index (χ0v) is 8.17. The van der Waals surface area contributed by atoms with Crippen LogP contribution in [-0.4, -0.2) is 24.2 Å². The molecule has 0 aromatic rings. The molecule has 0 radical (unpaired) electrons. The van der Waals surface area contributed by atoms with E-state index in [0.717, 1.165) is 7.11 Å². The topological polar surface area (TPSA) is 63.6 Å². The molecular formula is C8H16O4. The molecule has 4 heteroatoms. The lowest BCUT2D eigenvalue weighted by molar-refractivity contribution is -0.164. The van der Waals surface area contributed by atoms with E-state index >= 15 is 0 Å². The highest BCUT2D eigenvalue weighted by Gasteiger charge is 2.24. The Hall–Kier alpha value is -0.900. The molecule has 72 valence electrons. The lowest BCUT2D eigenvalue weighted by atomic mass is 9.97. The van der Waals surface area contributed by atoms with Crippen LogP contribution < -0.4 is 0 Å². The summed E-state index contributed by atoms with van der Waals surface area (Å²) in [5.41, 5.74) is -0.592. The number of ether oxygens (including phenoxy) is 1. The van der Waals surface area contributed by atoms with E-state index < -0.39 is 17.4 Å². The monoisotopic (exact) mass is 176 g/mol. The number of esters is 2. The van der Waals surface area contributed by atoms with Gasteiger partial charge in [-0.15, -0.1) is 0 Å². The van der Waals surface area contributed by atoms with Crippen LogP contribution in [0.4, 0.5) is 0 Å². The van der Waals surface area contributed by atoms with Gasteiger partial charge in [0.05, 0.1) is 5.41 Å². The molecule has 0 aromatic heterocycles. The minimum atomic E-state index is -0.592. The van der Waals surface area contributed by atoms with Crippen LogP contribution in [0.2, 0.25) is 0 Å². The zero-order chi connectivity index (χ0) is 10.4. The Morgan fingerprint density at radius 3 is 1.58 bits per heavy atom. The third kappa shape index (κ3) is 7.21. The summed E-state index contributed by atoms with van der Waals surface area (Å²) in [6, 6.07) is 0. The van der Waals surface area contributed by atoms with Gasteiger partial charge in [0.1, 0.15) is 0 Å². The van der Waals surface area contributed by atoms with Crippen molar-refractivity contribution in [2.45, 2.75) is 27.7 Å². The number of aliphatic hydroxyl groups excluding tert-OH is 1. The largest absolute Gasteiger partial charge is 0.400 e. The van der Waals surface area contributed by atoms with Gasteiger partial charge in [-0.25, -0.2) is 0 Å². The number of carbonyl (C=O) groups excluding carboxylic acids is 2. The molecule has 0 unspecified atom stereocenters. The molecule has 0 aliphatic carbocycles. The molecule has 1 N–H and O–H groups in total. The summed E-state index contributed by atoms with van der Waals surface area (Å²) in [6.45, 7) is 6.29. The van der Waals surface area contributed by atoms with Gasteiger partial charge in [-0.1, -0.05) is 0 Å². The highest BCUT2D eigenvalue weighted by Crippen LogP contribution is 2.14. The second-order valence-electron chi connectivity index (χ2n) is 3.13. The first-order chi connectivity index (χ1) is 5.34. The van der Waals surface area contributed by atoms with E-state index in [1.807, 2.05) is 0 Å². The number of aliphatic hydroxyl groups is 1. The maximum atomic E-state index is 10.8. The standard InChI is InChI=1S/C7H12O3.CH4O/c1-5(8)10-6(9)7(2,3)4;1-2/h1-4H3;2H,1H3. The smallest absolute Gasteiger partial charge is 0.318 e. The van der Waals surface area contributed by atoms with Crippen molar-refractivity contribution in [3.8, 4) is 0 Å². The normalized spacial score (nSPS) is 9.50. The molecule has 0 aliphatic heterocycles. The van der Waals surface area contributed by atoms with Crippen molar-refractivity contribution in [2.75, 3.05) is 7.11 Å². The summed E-state index contributed by atoms with van der Waals surface area (Å²) in [5.74, 6) is -1.04. The van der Waals surface area contributed by atoms with Crippen LogP contribution in [0, 0.1) is 5.41 Å². The van der Waals surface area contributed by atoms with Crippen molar-refractivity contribution in [3.05, 3.63) is 0 Å². The maximum absolute atomic E-state index is 10.8. The number of rotatable bonds is 0. The second kappa shape index (κ2) is 5.71. The van der Waals surface area contributed by atoms with Crippen LogP contribution in [0.25, 0.3) is 0 Å². The summed E-state index contributed by atoms with van der Waals surface area (Å²) in [6.07, 6.45) is 0. The molecule has 0 saturated carbocycles. The molecule has 0 heterocycles. The van der Waals surface area contributed by atoms with E-state index in [2.05, 4.69) is 4.74 Å². The maximum Gasteiger partial charge on any atom is 0.318 e. The Morgan fingerprint density at radius 2 is 1.50 bits per heavy atom. The highest BCUT2D eigenvalue weighted by molar-refractivity contribution is 5.87. The summed E-state index contributed by atoms with van der Waals surface area (Å²) in [5, 5.41) is 7.00. The number of carbonyl (C=O) groups is 2. The SMILES string of the molecule is CC(=O)OC(=O)C(C)(C)C.CO. The van der Waals surface area contributed by atoms with Gasteiger partial charge in [0.2, 0.25) is 0 Å². The van der Waals surface area contributed by atoms with E-state index in [0.29, 0.717) is 0 Å². The molecule has 4 nitrogen and oxygen atoms in total. The van der Waals surface area contributed by atoms with E-state index in [-0.39, 0.29) is 0 Å². The summed E-state index contributed by atoms with van der Waals surface area (Å²) in [4.78, 5) is 21.1. The van der Waals surface area contributed by atoms with Crippen LogP contribution in [0.15, 0.2) is 0 Å². The van der Waals surface area contributed by atoms with Crippen LogP contribution in [0.3, 0.4) is 0 Å². The Balaban J connectivity index is 0. The Bertz CT molecular complexity index is 155. The van der Waals surface area contributed by atoms with Gasteiger partial charge in [0, 0.05) is 14.0 Å². The van der Waals surface area contributed by atoms with Crippen molar-refractivity contribution < 1.29 is 19.4 Å². The number of hydrogen-bond acceptors (Lipinski definition) is 4. The van der Waals surface area contributed by atoms with Crippen molar-refractivity contribution in [1.29, 1.82) is 0 Å².